The molecule has 0 aliphatic rings. The van der Waals surface area contributed by atoms with Gasteiger partial charge < -0.3 is 9.15 Å². The van der Waals surface area contributed by atoms with Crippen molar-refractivity contribution < 1.29 is 18.3 Å². The summed E-state index contributed by atoms with van der Waals surface area (Å²) in [5.74, 6) is -0.301. The molecule has 0 radical (unpaired) electrons. The van der Waals surface area contributed by atoms with Gasteiger partial charge in [-0.05, 0) is 24.3 Å². The van der Waals surface area contributed by atoms with Gasteiger partial charge in [0.1, 0.15) is 5.82 Å². The number of halogens is 1. The first kappa shape index (κ1) is 11.3. The normalized spacial score (nSPS) is 10.3. The van der Waals surface area contributed by atoms with Gasteiger partial charge in [0.25, 0.3) is 0 Å². The average Bonchev–Trinajstić information content (AvgIpc) is 2.71. The smallest absolute Gasteiger partial charge is 0.360 e. The summed E-state index contributed by atoms with van der Waals surface area (Å²) in [6.07, 6.45) is 0. The molecule has 0 saturated carbocycles. The lowest BCUT2D eigenvalue weighted by Gasteiger charge is -1.99. The fourth-order valence-corrected chi connectivity index (χ4v) is 1.46. The van der Waals surface area contributed by atoms with Crippen molar-refractivity contribution in [3.8, 4) is 11.3 Å². The maximum Gasteiger partial charge on any atom is 0.360 e. The summed E-state index contributed by atoms with van der Waals surface area (Å²) < 4.78 is 22.7. The lowest BCUT2D eigenvalue weighted by atomic mass is 10.1. The Hall–Kier alpha value is -2.17. The fourth-order valence-electron chi connectivity index (χ4n) is 1.46. The van der Waals surface area contributed by atoms with Gasteiger partial charge in [0, 0.05) is 12.5 Å². The van der Waals surface area contributed by atoms with Crippen molar-refractivity contribution in [1.29, 1.82) is 0 Å². The molecule has 0 aliphatic carbocycles. The Bertz CT molecular complexity index is 545. The van der Waals surface area contributed by atoms with Crippen LogP contribution in [0.25, 0.3) is 11.3 Å². The van der Waals surface area contributed by atoms with E-state index in [-0.39, 0.29) is 17.3 Å². The second-order valence-corrected chi connectivity index (χ2v) is 3.41. The summed E-state index contributed by atoms with van der Waals surface area (Å²) in [4.78, 5) is 15.4. The summed E-state index contributed by atoms with van der Waals surface area (Å²) in [5, 5.41) is 0. The molecular weight excluding hydrogens is 225 g/mol. The predicted octanol–water partition coefficient (Wildman–Crippen LogP) is 2.58. The van der Waals surface area contributed by atoms with Crippen LogP contribution in [0.4, 0.5) is 4.39 Å². The number of methoxy groups -OCH3 is 1. The van der Waals surface area contributed by atoms with Crippen molar-refractivity contribution in [3.05, 3.63) is 41.7 Å². The first-order valence-corrected chi connectivity index (χ1v) is 4.93. The highest BCUT2D eigenvalue weighted by Crippen LogP contribution is 2.25. The van der Waals surface area contributed by atoms with Gasteiger partial charge in [0.05, 0.1) is 7.11 Å². The SMILES string of the molecule is COC(=O)c1nc(C)oc1-c1ccc(F)cc1. The van der Waals surface area contributed by atoms with Crippen LogP contribution < -0.4 is 0 Å². The van der Waals surface area contributed by atoms with Gasteiger partial charge in [-0.15, -0.1) is 0 Å². The van der Waals surface area contributed by atoms with Crippen molar-refractivity contribution in [1.82, 2.24) is 4.98 Å². The maximum atomic E-state index is 12.8. The van der Waals surface area contributed by atoms with Crippen LogP contribution in [0.1, 0.15) is 16.4 Å². The van der Waals surface area contributed by atoms with Crippen LogP contribution >= 0.6 is 0 Å². The predicted molar refractivity (Wildman–Crippen MR) is 58.0 cm³/mol. The van der Waals surface area contributed by atoms with Crippen LogP contribution in [0.3, 0.4) is 0 Å². The van der Waals surface area contributed by atoms with Crippen molar-refractivity contribution in [3.63, 3.8) is 0 Å². The summed E-state index contributed by atoms with van der Waals surface area (Å²) >= 11 is 0. The molecule has 0 amide bonds. The number of nitrogens with zero attached hydrogens (tertiary/aromatic N) is 1. The minimum Gasteiger partial charge on any atom is -0.464 e. The minimum atomic E-state index is -0.582. The molecule has 17 heavy (non-hydrogen) atoms. The van der Waals surface area contributed by atoms with Crippen molar-refractivity contribution in [2.75, 3.05) is 7.11 Å². The van der Waals surface area contributed by atoms with E-state index >= 15 is 0 Å². The Morgan fingerprint density at radius 2 is 2.00 bits per heavy atom. The molecule has 5 heteroatoms. The van der Waals surface area contributed by atoms with Crippen molar-refractivity contribution >= 4 is 5.97 Å². The third-order valence-corrected chi connectivity index (χ3v) is 2.22. The van der Waals surface area contributed by atoms with Crippen molar-refractivity contribution in [2.45, 2.75) is 6.92 Å². The molecule has 0 bridgehead atoms. The Labute approximate surface area is 97.0 Å². The summed E-state index contributed by atoms with van der Waals surface area (Å²) in [7, 11) is 1.26. The average molecular weight is 235 g/mol. The number of carbonyl (C=O) groups excluding carboxylic acids is 1. The number of benzene rings is 1. The largest absolute Gasteiger partial charge is 0.464 e. The van der Waals surface area contributed by atoms with E-state index < -0.39 is 5.97 Å². The van der Waals surface area contributed by atoms with E-state index in [1.54, 1.807) is 6.92 Å². The number of hydrogen-bond donors (Lipinski definition) is 0. The van der Waals surface area contributed by atoms with E-state index in [2.05, 4.69) is 9.72 Å². The maximum absolute atomic E-state index is 12.8. The molecule has 2 aromatic rings. The lowest BCUT2D eigenvalue weighted by Crippen LogP contribution is -2.03. The van der Waals surface area contributed by atoms with Crippen LogP contribution in [0.15, 0.2) is 28.7 Å². The van der Waals surface area contributed by atoms with Crippen LogP contribution in [0.5, 0.6) is 0 Å². The summed E-state index contributed by atoms with van der Waals surface area (Å²) in [5.41, 5.74) is 0.670. The highest BCUT2D eigenvalue weighted by Gasteiger charge is 2.20. The zero-order valence-electron chi connectivity index (χ0n) is 9.36. The van der Waals surface area contributed by atoms with Gasteiger partial charge in [0.15, 0.2) is 17.3 Å². The monoisotopic (exact) mass is 235 g/mol. The Kier molecular flexibility index (Phi) is 2.91. The van der Waals surface area contributed by atoms with Gasteiger partial charge in [-0.2, -0.15) is 0 Å². The second-order valence-electron chi connectivity index (χ2n) is 3.41. The first-order valence-electron chi connectivity index (χ1n) is 4.93. The van der Waals surface area contributed by atoms with Crippen LogP contribution in [0, 0.1) is 12.7 Å². The van der Waals surface area contributed by atoms with E-state index in [0.29, 0.717) is 11.5 Å². The molecule has 2 rings (SSSR count). The van der Waals surface area contributed by atoms with Crippen LogP contribution in [-0.2, 0) is 4.74 Å². The number of oxazole rings is 1. The molecule has 0 spiro atoms. The van der Waals surface area contributed by atoms with E-state index in [0.717, 1.165) is 0 Å². The molecule has 0 N–H and O–H groups in total. The molecule has 0 atom stereocenters. The van der Waals surface area contributed by atoms with Crippen molar-refractivity contribution in [2.24, 2.45) is 0 Å². The molecule has 1 aromatic heterocycles. The van der Waals surface area contributed by atoms with Gasteiger partial charge in [-0.1, -0.05) is 0 Å². The fraction of sp³-hybridized carbons (Fsp3) is 0.167. The number of hydrogen-bond acceptors (Lipinski definition) is 4. The highest BCUT2D eigenvalue weighted by atomic mass is 19.1. The molecule has 0 fully saturated rings. The molecule has 0 unspecified atom stereocenters. The molecule has 0 saturated heterocycles. The quantitative estimate of drug-likeness (QED) is 0.750. The van der Waals surface area contributed by atoms with Gasteiger partial charge in [0.2, 0.25) is 0 Å². The standard InChI is InChI=1S/C12H10FNO3/c1-7-14-10(12(15)16-2)11(17-7)8-3-5-9(13)6-4-8/h3-6H,1-2H3. The summed E-state index contributed by atoms with van der Waals surface area (Å²) in [6.45, 7) is 1.62. The Morgan fingerprint density at radius 3 is 2.59 bits per heavy atom. The molecule has 4 nitrogen and oxygen atoms in total. The number of aromatic nitrogens is 1. The van der Waals surface area contributed by atoms with E-state index in [1.165, 1.54) is 31.4 Å². The number of rotatable bonds is 2. The third-order valence-electron chi connectivity index (χ3n) is 2.22. The number of esters is 1. The lowest BCUT2D eigenvalue weighted by molar-refractivity contribution is 0.0595. The number of ether oxygens (including phenoxy) is 1. The van der Waals surface area contributed by atoms with Crippen LogP contribution in [0.2, 0.25) is 0 Å². The minimum absolute atomic E-state index is 0.0941. The van der Waals surface area contributed by atoms with Gasteiger partial charge >= 0.3 is 5.97 Å². The number of carbonyl (C=O) groups is 1. The highest BCUT2D eigenvalue weighted by molar-refractivity contribution is 5.93. The zero-order chi connectivity index (χ0) is 12.4. The van der Waals surface area contributed by atoms with Gasteiger partial charge in [-0.25, -0.2) is 14.2 Å². The zero-order valence-corrected chi connectivity index (χ0v) is 9.36. The Morgan fingerprint density at radius 1 is 1.35 bits per heavy atom. The van der Waals surface area contributed by atoms with Gasteiger partial charge in [-0.3, -0.25) is 0 Å². The van der Waals surface area contributed by atoms with E-state index in [4.69, 9.17) is 4.42 Å². The van der Waals surface area contributed by atoms with E-state index in [9.17, 15) is 9.18 Å². The molecular formula is C12H10FNO3. The van der Waals surface area contributed by atoms with Crippen LogP contribution in [-0.4, -0.2) is 18.1 Å². The summed E-state index contributed by atoms with van der Waals surface area (Å²) in [6, 6.07) is 5.60. The molecule has 1 aromatic carbocycles. The molecule has 88 valence electrons. The topological polar surface area (TPSA) is 52.3 Å². The molecule has 1 heterocycles. The number of aryl methyl sites for hydroxylation is 1. The third kappa shape index (κ3) is 2.18. The molecule has 0 aliphatic heterocycles. The first-order chi connectivity index (χ1) is 8.11. The second kappa shape index (κ2) is 4.37. The van der Waals surface area contributed by atoms with E-state index in [1.807, 2.05) is 0 Å². The Balaban J connectivity index is 2.51.